The quantitative estimate of drug-likeness (QED) is 0.410. The molecule has 158 valence electrons. The van der Waals surface area contributed by atoms with Crippen LogP contribution >= 0.6 is 0 Å². The Balaban J connectivity index is 2.47. The number of rotatable bonds is 6. The second kappa shape index (κ2) is 8.10. The van der Waals surface area contributed by atoms with Crippen LogP contribution < -0.4 is 4.18 Å². The van der Waals surface area contributed by atoms with Crippen LogP contribution in [0.4, 0.5) is 26.3 Å². The van der Waals surface area contributed by atoms with Gasteiger partial charge in [-0.2, -0.15) is 30.4 Å². The smallest absolute Gasteiger partial charge is 0.378 e. The minimum absolute atomic E-state index is 0.150. The molecule has 0 amide bonds. The highest BCUT2D eigenvalue weighted by Crippen LogP contribution is 2.47. The number of allylic oxidation sites excluding steroid dienone is 1. The van der Waals surface area contributed by atoms with Gasteiger partial charge < -0.3 is 4.18 Å². The summed E-state index contributed by atoms with van der Waals surface area (Å²) < 4.78 is 108. The molecule has 10 heteroatoms. The fourth-order valence-corrected chi connectivity index (χ4v) is 3.65. The molecule has 2 aromatic carbocycles. The van der Waals surface area contributed by atoms with Crippen molar-refractivity contribution in [1.82, 2.24) is 0 Å². The summed E-state index contributed by atoms with van der Waals surface area (Å²) in [6.07, 6.45) is -7.20. The van der Waals surface area contributed by atoms with Crippen LogP contribution in [-0.4, -0.2) is 20.5 Å². The standard InChI is InChI=1S/C19H16F6O3S/c1-3-6-13-11-14(17(20)18(21,22)19(23,24)25)9-10-15(13)28-29(26,27)16-8-5-4-7-12(16)2/h3-11,17H,1-2H3. The van der Waals surface area contributed by atoms with Crippen LogP contribution in [0.15, 0.2) is 53.4 Å². The van der Waals surface area contributed by atoms with Crippen LogP contribution in [-0.2, 0) is 10.1 Å². The second-order valence-corrected chi connectivity index (χ2v) is 7.60. The molecule has 0 aliphatic rings. The average molecular weight is 438 g/mol. The molecule has 0 N–H and O–H groups in total. The molecule has 0 radical (unpaired) electrons. The van der Waals surface area contributed by atoms with Gasteiger partial charge in [0.1, 0.15) is 10.6 Å². The number of aryl methyl sites for hydroxylation is 1. The molecule has 0 heterocycles. The largest absolute Gasteiger partial charge is 0.456 e. The maximum absolute atomic E-state index is 14.0. The van der Waals surface area contributed by atoms with Gasteiger partial charge in [0.05, 0.1) is 0 Å². The molecule has 0 fully saturated rings. The maximum Gasteiger partial charge on any atom is 0.456 e. The van der Waals surface area contributed by atoms with E-state index in [0.717, 1.165) is 6.07 Å². The number of benzene rings is 2. The Morgan fingerprint density at radius 1 is 1.03 bits per heavy atom. The number of hydrogen-bond acceptors (Lipinski definition) is 3. The summed E-state index contributed by atoms with van der Waals surface area (Å²) in [7, 11) is -4.33. The normalized spacial score (nSPS) is 14.2. The molecule has 0 aliphatic carbocycles. The van der Waals surface area contributed by atoms with Gasteiger partial charge in [-0.1, -0.05) is 36.4 Å². The van der Waals surface area contributed by atoms with E-state index >= 15 is 0 Å². The van der Waals surface area contributed by atoms with E-state index in [1.165, 1.54) is 44.2 Å². The highest BCUT2D eigenvalue weighted by Gasteiger charge is 2.63. The molecule has 29 heavy (non-hydrogen) atoms. The van der Waals surface area contributed by atoms with Gasteiger partial charge >= 0.3 is 22.2 Å². The average Bonchev–Trinajstić information content (AvgIpc) is 2.61. The zero-order valence-corrected chi connectivity index (χ0v) is 16.0. The SMILES string of the molecule is CC=Cc1cc(C(F)C(F)(F)C(F)(F)F)ccc1OS(=O)(=O)c1ccccc1C. The van der Waals surface area contributed by atoms with E-state index in [1.54, 1.807) is 6.07 Å². The lowest BCUT2D eigenvalue weighted by atomic mass is 10.0. The first-order valence-corrected chi connectivity index (χ1v) is 9.57. The van der Waals surface area contributed by atoms with Crippen LogP contribution in [0.2, 0.25) is 0 Å². The van der Waals surface area contributed by atoms with E-state index in [9.17, 15) is 34.8 Å². The molecule has 1 unspecified atom stereocenters. The molecule has 2 aromatic rings. The van der Waals surface area contributed by atoms with Crippen molar-refractivity contribution in [1.29, 1.82) is 0 Å². The summed E-state index contributed by atoms with van der Waals surface area (Å²) in [5, 5.41) is 0. The fraction of sp³-hybridized carbons (Fsp3) is 0.263. The lowest BCUT2D eigenvalue weighted by Crippen LogP contribution is -2.40. The summed E-state index contributed by atoms with van der Waals surface area (Å²) in [6.45, 7) is 3.02. The minimum atomic E-state index is -6.09. The van der Waals surface area contributed by atoms with E-state index in [0.29, 0.717) is 17.7 Å². The van der Waals surface area contributed by atoms with Crippen LogP contribution in [0.3, 0.4) is 0 Å². The van der Waals surface area contributed by atoms with E-state index in [1.807, 2.05) is 0 Å². The Morgan fingerprint density at radius 2 is 1.66 bits per heavy atom. The molecular weight excluding hydrogens is 422 g/mol. The predicted molar refractivity (Wildman–Crippen MR) is 95.0 cm³/mol. The Hall–Kier alpha value is -2.49. The Bertz CT molecular complexity index is 1010. The zero-order chi connectivity index (χ0) is 22.0. The van der Waals surface area contributed by atoms with Crippen molar-refractivity contribution in [2.45, 2.75) is 37.0 Å². The van der Waals surface area contributed by atoms with Crippen molar-refractivity contribution in [2.75, 3.05) is 0 Å². The molecule has 3 nitrogen and oxygen atoms in total. The number of alkyl halides is 6. The maximum atomic E-state index is 14.0. The van der Waals surface area contributed by atoms with Gasteiger partial charge in [0.2, 0.25) is 0 Å². The third-order valence-electron chi connectivity index (χ3n) is 3.93. The third-order valence-corrected chi connectivity index (χ3v) is 5.33. The first-order valence-electron chi connectivity index (χ1n) is 8.16. The molecule has 0 saturated carbocycles. The lowest BCUT2D eigenvalue weighted by Gasteiger charge is -2.23. The highest BCUT2D eigenvalue weighted by molar-refractivity contribution is 7.87. The monoisotopic (exact) mass is 438 g/mol. The van der Waals surface area contributed by atoms with Crippen LogP contribution in [0.1, 0.15) is 29.8 Å². The van der Waals surface area contributed by atoms with E-state index in [2.05, 4.69) is 0 Å². The van der Waals surface area contributed by atoms with Crippen LogP contribution in [0, 0.1) is 6.92 Å². The second-order valence-electron chi connectivity index (χ2n) is 6.08. The number of halogens is 6. The number of hydrogen-bond donors (Lipinski definition) is 0. The summed E-state index contributed by atoms with van der Waals surface area (Å²) in [5.41, 5.74) is -0.769. The summed E-state index contributed by atoms with van der Waals surface area (Å²) in [4.78, 5) is -0.150. The molecule has 2 rings (SSSR count). The highest BCUT2D eigenvalue weighted by atomic mass is 32.2. The molecule has 0 bridgehead atoms. The first-order chi connectivity index (χ1) is 13.3. The molecule has 0 spiro atoms. The van der Waals surface area contributed by atoms with Crippen molar-refractivity contribution in [3.05, 3.63) is 65.2 Å². The summed E-state index contributed by atoms with van der Waals surface area (Å²) >= 11 is 0. The fourth-order valence-electron chi connectivity index (χ4n) is 2.46. The van der Waals surface area contributed by atoms with Crippen molar-refractivity contribution < 1.29 is 38.9 Å². The third kappa shape index (κ3) is 4.75. The molecular formula is C19H16F6O3S. The molecule has 0 aromatic heterocycles. The summed E-state index contributed by atoms with van der Waals surface area (Å²) in [5.74, 6) is -5.96. The van der Waals surface area contributed by atoms with Gasteiger partial charge in [-0.05, 0) is 43.2 Å². The van der Waals surface area contributed by atoms with Crippen molar-refractivity contribution in [2.24, 2.45) is 0 Å². The van der Waals surface area contributed by atoms with Gasteiger partial charge in [0.25, 0.3) is 0 Å². The van der Waals surface area contributed by atoms with Gasteiger partial charge in [0.15, 0.2) is 6.17 Å². The Morgan fingerprint density at radius 3 is 2.21 bits per heavy atom. The van der Waals surface area contributed by atoms with Gasteiger partial charge in [-0.3, -0.25) is 0 Å². The topological polar surface area (TPSA) is 43.4 Å². The van der Waals surface area contributed by atoms with Gasteiger partial charge in [0, 0.05) is 5.56 Å². The van der Waals surface area contributed by atoms with Crippen LogP contribution in [0.5, 0.6) is 5.75 Å². The van der Waals surface area contributed by atoms with E-state index in [-0.39, 0.29) is 16.2 Å². The van der Waals surface area contributed by atoms with Gasteiger partial charge in [-0.25, -0.2) is 4.39 Å². The van der Waals surface area contributed by atoms with Crippen molar-refractivity contribution in [3.8, 4) is 5.75 Å². The molecule has 0 aliphatic heterocycles. The lowest BCUT2D eigenvalue weighted by molar-refractivity contribution is -0.305. The van der Waals surface area contributed by atoms with E-state index < -0.39 is 34.0 Å². The minimum Gasteiger partial charge on any atom is -0.378 e. The summed E-state index contributed by atoms with van der Waals surface area (Å²) in [6, 6.07) is 8.03. The van der Waals surface area contributed by atoms with E-state index in [4.69, 9.17) is 4.18 Å². The first kappa shape index (κ1) is 22.8. The Labute approximate surface area is 163 Å². The van der Waals surface area contributed by atoms with Gasteiger partial charge in [-0.15, -0.1) is 0 Å². The van der Waals surface area contributed by atoms with Crippen molar-refractivity contribution >= 4 is 16.2 Å². The Kier molecular flexibility index (Phi) is 6.36. The van der Waals surface area contributed by atoms with Crippen LogP contribution in [0.25, 0.3) is 6.08 Å². The predicted octanol–water partition coefficient (Wildman–Crippen LogP) is 6.00. The zero-order valence-electron chi connectivity index (χ0n) is 15.2. The molecule has 1 atom stereocenters. The van der Waals surface area contributed by atoms with Crippen molar-refractivity contribution in [3.63, 3.8) is 0 Å². The molecule has 0 saturated heterocycles.